The van der Waals surface area contributed by atoms with Crippen LogP contribution in [0.5, 0.6) is 0 Å². The minimum Gasteiger partial charge on any atom is -0.339 e. The highest BCUT2D eigenvalue weighted by Gasteiger charge is 2.23. The lowest BCUT2D eigenvalue weighted by Crippen LogP contribution is -2.44. The number of hydrogen-bond acceptors (Lipinski definition) is 4. The summed E-state index contributed by atoms with van der Waals surface area (Å²) in [6.07, 6.45) is 3.08. The largest absolute Gasteiger partial charge is 0.339 e. The molecule has 2 rings (SSSR count). The van der Waals surface area contributed by atoms with Crippen LogP contribution in [0.2, 0.25) is 0 Å². The summed E-state index contributed by atoms with van der Waals surface area (Å²) in [5.74, 6) is -0.0231. The molecular formula is C15H22N2O3S. The molecule has 1 fully saturated rings. The Hall–Kier alpha value is -1.40. The zero-order valence-electron chi connectivity index (χ0n) is 12.5. The number of piperidine rings is 1. The SMILES string of the molecule is CCNC1CCN(C(=O)c2ccc(S(C)(=O)=O)cc2)CC1. The monoisotopic (exact) mass is 310 g/mol. The number of rotatable bonds is 4. The van der Waals surface area contributed by atoms with Crippen LogP contribution >= 0.6 is 0 Å². The minimum atomic E-state index is -3.22. The lowest BCUT2D eigenvalue weighted by atomic mass is 10.0. The van der Waals surface area contributed by atoms with Crippen LogP contribution in [0.1, 0.15) is 30.1 Å². The zero-order valence-corrected chi connectivity index (χ0v) is 13.3. The van der Waals surface area contributed by atoms with Crippen molar-refractivity contribution in [3.05, 3.63) is 29.8 Å². The van der Waals surface area contributed by atoms with E-state index < -0.39 is 9.84 Å². The van der Waals surface area contributed by atoms with E-state index in [0.717, 1.165) is 38.7 Å². The van der Waals surface area contributed by atoms with Crippen molar-refractivity contribution < 1.29 is 13.2 Å². The van der Waals surface area contributed by atoms with E-state index in [9.17, 15) is 13.2 Å². The summed E-state index contributed by atoms with van der Waals surface area (Å²) < 4.78 is 22.8. The second kappa shape index (κ2) is 6.58. The van der Waals surface area contributed by atoms with Gasteiger partial charge in [-0.2, -0.15) is 0 Å². The van der Waals surface area contributed by atoms with Crippen LogP contribution in [0, 0.1) is 0 Å². The van der Waals surface area contributed by atoms with Gasteiger partial charge in [0.25, 0.3) is 5.91 Å². The van der Waals surface area contributed by atoms with Crippen molar-refractivity contribution in [2.45, 2.75) is 30.7 Å². The molecule has 0 atom stereocenters. The average molecular weight is 310 g/mol. The Morgan fingerprint density at radius 2 is 1.81 bits per heavy atom. The van der Waals surface area contributed by atoms with Crippen LogP contribution in [-0.2, 0) is 9.84 Å². The van der Waals surface area contributed by atoms with Gasteiger partial charge in [0.1, 0.15) is 0 Å². The predicted molar refractivity (Wildman–Crippen MR) is 82.2 cm³/mol. The van der Waals surface area contributed by atoms with Gasteiger partial charge in [0.05, 0.1) is 4.90 Å². The Morgan fingerprint density at radius 3 is 2.29 bits per heavy atom. The fourth-order valence-corrected chi connectivity index (χ4v) is 3.23. The summed E-state index contributed by atoms with van der Waals surface area (Å²) in [4.78, 5) is 14.5. The van der Waals surface area contributed by atoms with E-state index in [2.05, 4.69) is 12.2 Å². The van der Waals surface area contributed by atoms with Crippen molar-refractivity contribution in [3.63, 3.8) is 0 Å². The highest BCUT2D eigenvalue weighted by molar-refractivity contribution is 7.90. The fraction of sp³-hybridized carbons (Fsp3) is 0.533. The van der Waals surface area contributed by atoms with Crippen molar-refractivity contribution in [1.29, 1.82) is 0 Å². The molecule has 0 unspecified atom stereocenters. The lowest BCUT2D eigenvalue weighted by molar-refractivity contribution is 0.0706. The van der Waals surface area contributed by atoms with Gasteiger partial charge in [0.2, 0.25) is 0 Å². The molecule has 1 amide bonds. The molecule has 1 aromatic carbocycles. The van der Waals surface area contributed by atoms with Gasteiger partial charge in [0.15, 0.2) is 9.84 Å². The predicted octanol–water partition coefficient (Wildman–Crippen LogP) is 1.30. The molecule has 0 spiro atoms. The number of hydrogen-bond donors (Lipinski definition) is 1. The third-order valence-electron chi connectivity index (χ3n) is 3.80. The van der Waals surface area contributed by atoms with Gasteiger partial charge in [0, 0.05) is 31.0 Å². The van der Waals surface area contributed by atoms with E-state index in [1.807, 2.05) is 4.90 Å². The molecular weight excluding hydrogens is 288 g/mol. The number of nitrogens with zero attached hydrogens (tertiary/aromatic N) is 1. The van der Waals surface area contributed by atoms with E-state index in [1.54, 1.807) is 12.1 Å². The van der Waals surface area contributed by atoms with Gasteiger partial charge in [-0.1, -0.05) is 6.92 Å². The van der Waals surface area contributed by atoms with E-state index in [-0.39, 0.29) is 10.8 Å². The van der Waals surface area contributed by atoms with E-state index in [4.69, 9.17) is 0 Å². The number of likely N-dealkylation sites (tertiary alicyclic amines) is 1. The van der Waals surface area contributed by atoms with Crippen molar-refractivity contribution >= 4 is 15.7 Å². The molecule has 0 aromatic heterocycles. The number of carbonyl (C=O) groups is 1. The lowest BCUT2D eigenvalue weighted by Gasteiger charge is -2.32. The topological polar surface area (TPSA) is 66.5 Å². The number of nitrogens with one attached hydrogen (secondary N) is 1. The molecule has 6 heteroatoms. The maximum Gasteiger partial charge on any atom is 0.253 e. The number of sulfone groups is 1. The highest BCUT2D eigenvalue weighted by Crippen LogP contribution is 2.16. The molecule has 0 radical (unpaired) electrons. The first-order chi connectivity index (χ1) is 9.91. The Kier molecular flexibility index (Phi) is 5.00. The summed E-state index contributed by atoms with van der Waals surface area (Å²) in [7, 11) is -3.22. The second-order valence-corrected chi connectivity index (χ2v) is 7.44. The van der Waals surface area contributed by atoms with Crippen molar-refractivity contribution in [3.8, 4) is 0 Å². The van der Waals surface area contributed by atoms with Crippen molar-refractivity contribution in [1.82, 2.24) is 10.2 Å². The Bertz CT molecular complexity index is 588. The molecule has 1 heterocycles. The molecule has 116 valence electrons. The smallest absolute Gasteiger partial charge is 0.253 e. The Morgan fingerprint density at radius 1 is 1.24 bits per heavy atom. The molecule has 1 aromatic rings. The molecule has 1 aliphatic heterocycles. The molecule has 0 saturated carbocycles. The molecule has 5 nitrogen and oxygen atoms in total. The maximum absolute atomic E-state index is 12.4. The second-order valence-electron chi connectivity index (χ2n) is 5.42. The van der Waals surface area contributed by atoms with Crippen LogP contribution in [0.3, 0.4) is 0 Å². The van der Waals surface area contributed by atoms with E-state index in [1.165, 1.54) is 12.1 Å². The van der Waals surface area contributed by atoms with Crippen molar-refractivity contribution in [2.75, 3.05) is 25.9 Å². The van der Waals surface area contributed by atoms with Gasteiger partial charge >= 0.3 is 0 Å². The Labute approximate surface area is 126 Å². The van der Waals surface area contributed by atoms with E-state index >= 15 is 0 Å². The first kappa shape index (κ1) is 16.0. The van der Waals surface area contributed by atoms with Crippen LogP contribution in [0.25, 0.3) is 0 Å². The number of amides is 1. The summed E-state index contributed by atoms with van der Waals surface area (Å²) in [6, 6.07) is 6.67. The normalized spacial score (nSPS) is 17.0. The van der Waals surface area contributed by atoms with Gasteiger partial charge in [-0.3, -0.25) is 4.79 Å². The highest BCUT2D eigenvalue weighted by atomic mass is 32.2. The van der Waals surface area contributed by atoms with E-state index in [0.29, 0.717) is 11.6 Å². The molecule has 1 N–H and O–H groups in total. The first-order valence-electron chi connectivity index (χ1n) is 7.24. The Balaban J connectivity index is 2.01. The first-order valence-corrected chi connectivity index (χ1v) is 9.13. The van der Waals surface area contributed by atoms with Gasteiger partial charge in [-0.15, -0.1) is 0 Å². The van der Waals surface area contributed by atoms with Crippen LogP contribution in [-0.4, -0.2) is 51.2 Å². The number of carbonyl (C=O) groups excluding carboxylic acids is 1. The maximum atomic E-state index is 12.4. The van der Waals surface area contributed by atoms with Gasteiger partial charge < -0.3 is 10.2 Å². The quantitative estimate of drug-likeness (QED) is 0.910. The summed E-state index contributed by atoms with van der Waals surface area (Å²) >= 11 is 0. The third kappa shape index (κ3) is 4.04. The molecule has 21 heavy (non-hydrogen) atoms. The zero-order chi connectivity index (χ0) is 15.5. The number of benzene rings is 1. The van der Waals surface area contributed by atoms with Crippen LogP contribution < -0.4 is 5.32 Å². The average Bonchev–Trinajstić information content (AvgIpc) is 2.47. The van der Waals surface area contributed by atoms with Crippen LogP contribution in [0.15, 0.2) is 29.2 Å². The molecule has 1 saturated heterocycles. The van der Waals surface area contributed by atoms with Gasteiger partial charge in [-0.25, -0.2) is 8.42 Å². The third-order valence-corrected chi connectivity index (χ3v) is 4.93. The fourth-order valence-electron chi connectivity index (χ4n) is 2.60. The molecule has 1 aliphatic rings. The van der Waals surface area contributed by atoms with Crippen molar-refractivity contribution in [2.24, 2.45) is 0 Å². The summed E-state index contributed by atoms with van der Waals surface area (Å²) in [6.45, 7) is 4.51. The standard InChI is InChI=1S/C15H22N2O3S/c1-3-16-13-8-10-17(11-9-13)15(18)12-4-6-14(7-5-12)21(2,19)20/h4-7,13,16H,3,8-11H2,1-2H3. The molecule has 0 bridgehead atoms. The molecule has 0 aliphatic carbocycles. The van der Waals surface area contributed by atoms with Gasteiger partial charge in [-0.05, 0) is 43.7 Å². The minimum absolute atomic E-state index is 0.0231. The summed E-state index contributed by atoms with van der Waals surface area (Å²) in [5.41, 5.74) is 0.546. The summed E-state index contributed by atoms with van der Waals surface area (Å²) in [5, 5.41) is 3.40. The van der Waals surface area contributed by atoms with Crippen LogP contribution in [0.4, 0.5) is 0 Å².